The minimum atomic E-state index is -0.481. The number of anilines is 2. The maximum atomic E-state index is 12.9. The van der Waals surface area contributed by atoms with Gasteiger partial charge in [0.15, 0.2) is 0 Å². The largest absolute Gasteiger partial charge is 0.408 e. The van der Waals surface area contributed by atoms with E-state index >= 15 is 0 Å². The van der Waals surface area contributed by atoms with Gasteiger partial charge in [-0.2, -0.15) is 0 Å². The van der Waals surface area contributed by atoms with Crippen molar-refractivity contribution in [2.24, 2.45) is 0 Å². The molecule has 0 saturated heterocycles. The van der Waals surface area contributed by atoms with Crippen molar-refractivity contribution in [1.82, 2.24) is 10.2 Å². The van der Waals surface area contributed by atoms with Crippen molar-refractivity contribution in [2.45, 2.75) is 6.42 Å². The highest BCUT2D eigenvalue weighted by atomic mass is 35.5. The smallest absolute Gasteiger partial charge is 0.320 e. The molecular weight excluding hydrogens is 268 g/mol. The molecule has 90 valence electrons. The normalized spacial score (nSPS) is 10.5. The van der Waals surface area contributed by atoms with Crippen LogP contribution < -0.4 is 5.32 Å². The first-order chi connectivity index (χ1) is 8.19. The SMILES string of the molecule is Fc1ccc(Nc2nnc(CCCl)o2)cc1Cl. The van der Waals surface area contributed by atoms with Crippen LogP contribution in [0.5, 0.6) is 0 Å². The number of alkyl halides is 1. The zero-order valence-corrected chi connectivity index (χ0v) is 10.1. The number of aromatic nitrogens is 2. The Morgan fingerprint density at radius 2 is 2.18 bits per heavy atom. The summed E-state index contributed by atoms with van der Waals surface area (Å²) in [6.45, 7) is 0. The number of hydrogen-bond acceptors (Lipinski definition) is 4. The Labute approximate surface area is 107 Å². The van der Waals surface area contributed by atoms with Crippen molar-refractivity contribution in [3.63, 3.8) is 0 Å². The molecule has 2 rings (SSSR count). The summed E-state index contributed by atoms with van der Waals surface area (Å²) >= 11 is 11.2. The van der Waals surface area contributed by atoms with Gasteiger partial charge in [-0.05, 0) is 18.2 Å². The van der Waals surface area contributed by atoms with Gasteiger partial charge in [0.2, 0.25) is 5.89 Å². The number of nitrogens with zero attached hydrogens (tertiary/aromatic N) is 2. The summed E-state index contributed by atoms with van der Waals surface area (Å²) in [4.78, 5) is 0. The van der Waals surface area contributed by atoms with Crippen LogP contribution >= 0.6 is 23.2 Å². The van der Waals surface area contributed by atoms with Gasteiger partial charge < -0.3 is 9.73 Å². The van der Waals surface area contributed by atoms with Crippen LogP contribution in [0.2, 0.25) is 5.02 Å². The van der Waals surface area contributed by atoms with Crippen LogP contribution in [0.25, 0.3) is 0 Å². The fourth-order valence-electron chi connectivity index (χ4n) is 1.18. The molecule has 2 aromatic rings. The summed E-state index contributed by atoms with van der Waals surface area (Å²) in [5, 5.41) is 10.4. The number of benzene rings is 1. The fourth-order valence-corrected chi connectivity index (χ4v) is 1.53. The van der Waals surface area contributed by atoms with E-state index in [1.807, 2.05) is 0 Å². The number of rotatable bonds is 4. The Morgan fingerprint density at radius 3 is 2.88 bits per heavy atom. The monoisotopic (exact) mass is 275 g/mol. The number of aryl methyl sites for hydroxylation is 1. The molecule has 0 unspecified atom stereocenters. The molecule has 1 N–H and O–H groups in total. The lowest BCUT2D eigenvalue weighted by Crippen LogP contribution is -1.91. The zero-order chi connectivity index (χ0) is 12.3. The Morgan fingerprint density at radius 1 is 1.35 bits per heavy atom. The molecule has 1 aromatic carbocycles. The predicted molar refractivity (Wildman–Crippen MR) is 63.4 cm³/mol. The summed E-state index contributed by atoms with van der Waals surface area (Å²) < 4.78 is 18.2. The van der Waals surface area contributed by atoms with Crippen molar-refractivity contribution in [3.05, 3.63) is 34.9 Å². The molecular formula is C10H8Cl2FN3O. The molecule has 0 saturated carbocycles. The molecule has 1 heterocycles. The van der Waals surface area contributed by atoms with E-state index < -0.39 is 5.82 Å². The van der Waals surface area contributed by atoms with Gasteiger partial charge in [-0.1, -0.05) is 16.7 Å². The van der Waals surface area contributed by atoms with E-state index in [2.05, 4.69) is 15.5 Å². The molecule has 0 spiro atoms. The highest BCUT2D eigenvalue weighted by molar-refractivity contribution is 6.31. The van der Waals surface area contributed by atoms with Gasteiger partial charge in [-0.3, -0.25) is 0 Å². The maximum Gasteiger partial charge on any atom is 0.320 e. The molecule has 7 heteroatoms. The summed E-state index contributed by atoms with van der Waals surface area (Å²) in [5.74, 6) is 0.366. The van der Waals surface area contributed by atoms with Gasteiger partial charge in [0, 0.05) is 18.0 Å². The number of halogens is 3. The lowest BCUT2D eigenvalue weighted by atomic mass is 10.3. The summed E-state index contributed by atoms with van der Waals surface area (Å²) in [5.41, 5.74) is 0.567. The van der Waals surface area contributed by atoms with Crippen LogP contribution in [0.3, 0.4) is 0 Å². The van der Waals surface area contributed by atoms with Gasteiger partial charge >= 0.3 is 6.01 Å². The molecule has 4 nitrogen and oxygen atoms in total. The third-order valence-corrected chi connectivity index (χ3v) is 2.42. The van der Waals surface area contributed by atoms with E-state index in [1.54, 1.807) is 0 Å². The van der Waals surface area contributed by atoms with Gasteiger partial charge in [0.1, 0.15) is 5.82 Å². The third kappa shape index (κ3) is 3.08. The Kier molecular flexibility index (Phi) is 3.81. The summed E-state index contributed by atoms with van der Waals surface area (Å²) in [6, 6.07) is 4.42. The second kappa shape index (κ2) is 5.33. The van der Waals surface area contributed by atoms with E-state index in [0.717, 1.165) is 0 Å². The van der Waals surface area contributed by atoms with Crippen LogP contribution in [-0.2, 0) is 6.42 Å². The molecule has 0 aliphatic heterocycles. The van der Waals surface area contributed by atoms with Crippen molar-refractivity contribution in [2.75, 3.05) is 11.2 Å². The molecule has 0 atom stereocenters. The summed E-state index contributed by atoms with van der Waals surface area (Å²) in [7, 11) is 0. The van der Waals surface area contributed by atoms with Gasteiger partial charge in [0.25, 0.3) is 0 Å². The Hall–Kier alpha value is -1.33. The first kappa shape index (κ1) is 12.1. The second-order valence-electron chi connectivity index (χ2n) is 3.19. The Balaban J connectivity index is 2.11. The quantitative estimate of drug-likeness (QED) is 0.869. The van der Waals surface area contributed by atoms with Crippen LogP contribution in [-0.4, -0.2) is 16.1 Å². The van der Waals surface area contributed by atoms with Gasteiger partial charge in [0.05, 0.1) is 5.02 Å². The van der Waals surface area contributed by atoms with E-state index in [0.29, 0.717) is 23.9 Å². The maximum absolute atomic E-state index is 12.9. The molecule has 0 aliphatic carbocycles. The van der Waals surface area contributed by atoms with E-state index in [-0.39, 0.29) is 11.0 Å². The lowest BCUT2D eigenvalue weighted by Gasteiger charge is -2.01. The topological polar surface area (TPSA) is 51.0 Å². The van der Waals surface area contributed by atoms with Crippen LogP contribution in [0.1, 0.15) is 5.89 Å². The molecule has 0 aliphatic rings. The molecule has 0 radical (unpaired) electrons. The van der Waals surface area contributed by atoms with Crippen molar-refractivity contribution < 1.29 is 8.81 Å². The molecule has 0 bridgehead atoms. The van der Waals surface area contributed by atoms with E-state index in [4.69, 9.17) is 27.6 Å². The molecule has 0 amide bonds. The fraction of sp³-hybridized carbons (Fsp3) is 0.200. The number of hydrogen-bond donors (Lipinski definition) is 1. The number of nitrogens with one attached hydrogen (secondary N) is 1. The van der Waals surface area contributed by atoms with Crippen LogP contribution in [0, 0.1) is 5.82 Å². The van der Waals surface area contributed by atoms with Crippen molar-refractivity contribution >= 4 is 34.9 Å². The van der Waals surface area contributed by atoms with Crippen LogP contribution in [0.4, 0.5) is 16.1 Å². The Bertz CT molecular complexity index is 518. The standard InChI is InChI=1S/C10H8Cl2FN3O/c11-4-3-9-15-16-10(17-9)14-6-1-2-8(13)7(12)5-6/h1-2,5H,3-4H2,(H,14,16). The average Bonchev–Trinajstić information content (AvgIpc) is 2.72. The van der Waals surface area contributed by atoms with E-state index in [1.165, 1.54) is 18.2 Å². The minimum Gasteiger partial charge on any atom is -0.408 e. The van der Waals surface area contributed by atoms with Crippen molar-refractivity contribution in [1.29, 1.82) is 0 Å². The molecule has 17 heavy (non-hydrogen) atoms. The zero-order valence-electron chi connectivity index (χ0n) is 8.58. The first-order valence-corrected chi connectivity index (χ1v) is 5.70. The predicted octanol–water partition coefficient (Wildman–Crippen LogP) is 3.39. The highest BCUT2D eigenvalue weighted by Crippen LogP contribution is 2.22. The molecule has 1 aromatic heterocycles. The van der Waals surface area contributed by atoms with E-state index in [9.17, 15) is 4.39 Å². The average molecular weight is 276 g/mol. The lowest BCUT2D eigenvalue weighted by molar-refractivity contribution is 0.516. The minimum absolute atomic E-state index is 0.0236. The van der Waals surface area contributed by atoms with Crippen LogP contribution in [0.15, 0.2) is 22.6 Å². The highest BCUT2D eigenvalue weighted by Gasteiger charge is 2.07. The third-order valence-electron chi connectivity index (χ3n) is 1.95. The second-order valence-corrected chi connectivity index (χ2v) is 3.98. The first-order valence-electron chi connectivity index (χ1n) is 4.79. The summed E-state index contributed by atoms with van der Waals surface area (Å²) in [6.07, 6.45) is 0.500. The molecule has 0 fully saturated rings. The van der Waals surface area contributed by atoms with Gasteiger partial charge in [-0.25, -0.2) is 4.39 Å². The van der Waals surface area contributed by atoms with Crippen molar-refractivity contribution in [3.8, 4) is 0 Å². The van der Waals surface area contributed by atoms with Gasteiger partial charge in [-0.15, -0.1) is 16.7 Å².